The number of aromatic nitrogens is 1. The van der Waals surface area contributed by atoms with Gasteiger partial charge in [-0.05, 0) is 37.1 Å². The molecular weight excluding hydrogens is 380 g/mol. The van der Waals surface area contributed by atoms with Crippen LogP contribution in [-0.4, -0.2) is 48.0 Å². The Kier molecular flexibility index (Phi) is 3.97. The highest BCUT2D eigenvalue weighted by Crippen LogP contribution is 2.55. The molecule has 8 nitrogen and oxygen atoms in total. The minimum absolute atomic E-state index is 0.0384. The van der Waals surface area contributed by atoms with Gasteiger partial charge in [-0.2, -0.15) is 0 Å². The molecule has 0 fully saturated rings. The van der Waals surface area contributed by atoms with E-state index in [0.29, 0.717) is 18.0 Å². The van der Waals surface area contributed by atoms with E-state index in [9.17, 15) is 18.3 Å². The Morgan fingerprint density at radius 2 is 2.14 bits per heavy atom. The van der Waals surface area contributed by atoms with Crippen LogP contribution in [0.5, 0.6) is 0 Å². The number of allylic oxidation sites excluding steroid dienone is 4. The lowest BCUT2D eigenvalue weighted by Gasteiger charge is -2.43. The summed E-state index contributed by atoms with van der Waals surface area (Å²) >= 11 is 0. The molecule has 0 radical (unpaired) electrons. The van der Waals surface area contributed by atoms with E-state index in [1.54, 1.807) is 37.3 Å². The quantitative estimate of drug-likeness (QED) is 0.787. The second kappa shape index (κ2) is 6.03. The number of anilines is 1. The summed E-state index contributed by atoms with van der Waals surface area (Å²) in [6.45, 7) is 3.95. The van der Waals surface area contributed by atoms with Crippen molar-refractivity contribution >= 4 is 27.5 Å². The minimum atomic E-state index is -4.02. The third kappa shape index (κ3) is 2.29. The van der Waals surface area contributed by atoms with Crippen LogP contribution in [0.2, 0.25) is 0 Å². The lowest BCUT2D eigenvalue weighted by atomic mass is 9.70. The predicted octanol–water partition coefficient (Wildman–Crippen LogP) is 1.90. The first-order valence-electron chi connectivity index (χ1n) is 8.82. The lowest BCUT2D eigenvalue weighted by molar-refractivity contribution is -0.114. The number of aliphatic imine (C=N–C) groups is 1. The molecule has 1 aromatic heterocycles. The average Bonchev–Trinajstić information content (AvgIpc) is 2.98. The van der Waals surface area contributed by atoms with Gasteiger partial charge in [-0.3, -0.25) is 14.1 Å². The third-order valence-corrected chi connectivity index (χ3v) is 7.38. The van der Waals surface area contributed by atoms with Crippen molar-refractivity contribution in [2.75, 3.05) is 18.9 Å². The Bertz CT molecular complexity index is 1120. The molecule has 3 heterocycles. The second-order valence-corrected chi connectivity index (χ2v) is 9.05. The zero-order valence-electron chi connectivity index (χ0n) is 15.7. The Balaban J connectivity index is 1.89. The standard InChI is InChI=1S/C19H20N4O4S/c1-11-10-20-13-7-5-8-14-19(11,13)17(24)16(23(3)28(14,26)27)18(25)22-15-9-4-6-12(2)21-15/h4-9,11,24H,10H2,1-3H3,(H,21,22,25). The predicted molar refractivity (Wildman–Crippen MR) is 105 cm³/mol. The van der Waals surface area contributed by atoms with Gasteiger partial charge in [0.1, 0.15) is 17.0 Å². The van der Waals surface area contributed by atoms with E-state index in [-0.39, 0.29) is 28.1 Å². The number of aryl methyl sites for hydroxylation is 1. The number of likely N-dealkylation sites (N-methyl/N-ethyl adjacent to an activating group) is 1. The first-order valence-corrected chi connectivity index (χ1v) is 10.3. The van der Waals surface area contributed by atoms with Crippen LogP contribution in [-0.2, 0) is 14.8 Å². The van der Waals surface area contributed by atoms with Gasteiger partial charge < -0.3 is 10.4 Å². The molecule has 1 aliphatic carbocycles. The van der Waals surface area contributed by atoms with Crippen LogP contribution in [0, 0.1) is 18.3 Å². The van der Waals surface area contributed by atoms with E-state index >= 15 is 0 Å². The Labute approximate surface area is 163 Å². The van der Waals surface area contributed by atoms with E-state index in [1.165, 1.54) is 13.1 Å². The van der Waals surface area contributed by atoms with Gasteiger partial charge in [0.2, 0.25) is 0 Å². The van der Waals surface area contributed by atoms with Crippen LogP contribution >= 0.6 is 0 Å². The number of aliphatic hydroxyl groups excluding tert-OH is 1. The number of amides is 1. The number of hydrogen-bond donors (Lipinski definition) is 2. The molecule has 1 aromatic rings. The van der Waals surface area contributed by atoms with Crippen molar-refractivity contribution in [1.29, 1.82) is 0 Å². The van der Waals surface area contributed by atoms with Crippen molar-refractivity contribution in [3.8, 4) is 0 Å². The van der Waals surface area contributed by atoms with Crippen molar-refractivity contribution in [2.45, 2.75) is 13.8 Å². The molecule has 0 bridgehead atoms. The van der Waals surface area contributed by atoms with Crippen molar-refractivity contribution in [3.63, 3.8) is 0 Å². The summed E-state index contributed by atoms with van der Waals surface area (Å²) in [5, 5.41) is 13.8. The largest absolute Gasteiger partial charge is 0.508 e. The van der Waals surface area contributed by atoms with Gasteiger partial charge in [-0.25, -0.2) is 13.4 Å². The van der Waals surface area contributed by atoms with Crippen molar-refractivity contribution < 1.29 is 18.3 Å². The molecule has 0 aromatic carbocycles. The first-order chi connectivity index (χ1) is 13.2. The van der Waals surface area contributed by atoms with E-state index in [1.807, 2.05) is 6.92 Å². The molecule has 146 valence electrons. The number of nitrogens with one attached hydrogen (secondary N) is 1. The highest BCUT2D eigenvalue weighted by atomic mass is 32.2. The van der Waals surface area contributed by atoms with Crippen LogP contribution in [0.25, 0.3) is 0 Å². The van der Waals surface area contributed by atoms with Crippen molar-refractivity contribution in [3.05, 3.63) is 58.5 Å². The van der Waals surface area contributed by atoms with Crippen LogP contribution < -0.4 is 5.32 Å². The molecule has 0 saturated heterocycles. The molecule has 1 spiro atoms. The van der Waals surface area contributed by atoms with Crippen LogP contribution in [0.4, 0.5) is 5.82 Å². The van der Waals surface area contributed by atoms with Gasteiger partial charge in [0.05, 0.1) is 10.6 Å². The molecule has 0 saturated carbocycles. The lowest BCUT2D eigenvalue weighted by Crippen LogP contribution is -2.51. The van der Waals surface area contributed by atoms with Crippen molar-refractivity contribution in [1.82, 2.24) is 9.29 Å². The minimum Gasteiger partial charge on any atom is -0.508 e. The summed E-state index contributed by atoms with van der Waals surface area (Å²) in [4.78, 5) is 21.7. The molecule has 4 rings (SSSR count). The smallest absolute Gasteiger partial charge is 0.277 e. The van der Waals surface area contributed by atoms with Gasteiger partial charge in [0.15, 0.2) is 5.70 Å². The summed E-state index contributed by atoms with van der Waals surface area (Å²) in [6, 6.07) is 5.09. The van der Waals surface area contributed by atoms with Gasteiger partial charge in [-0.15, -0.1) is 0 Å². The Morgan fingerprint density at radius 3 is 2.86 bits per heavy atom. The summed E-state index contributed by atoms with van der Waals surface area (Å²) < 4.78 is 27.3. The maximum absolute atomic E-state index is 13.2. The Hall–Kier alpha value is -2.94. The summed E-state index contributed by atoms with van der Waals surface area (Å²) in [5.74, 6) is -1.11. The van der Waals surface area contributed by atoms with E-state index in [0.717, 1.165) is 4.31 Å². The van der Waals surface area contributed by atoms with Crippen LogP contribution in [0.1, 0.15) is 12.6 Å². The van der Waals surface area contributed by atoms with Gasteiger partial charge in [-0.1, -0.05) is 19.1 Å². The summed E-state index contributed by atoms with van der Waals surface area (Å²) in [6.07, 6.45) is 4.76. The average molecular weight is 400 g/mol. The van der Waals surface area contributed by atoms with Crippen LogP contribution in [0.3, 0.4) is 0 Å². The van der Waals surface area contributed by atoms with E-state index in [4.69, 9.17) is 0 Å². The molecule has 2 unspecified atom stereocenters. The van der Waals surface area contributed by atoms with Crippen molar-refractivity contribution in [2.24, 2.45) is 16.3 Å². The maximum atomic E-state index is 13.2. The number of hydrogen-bond acceptors (Lipinski definition) is 6. The summed E-state index contributed by atoms with van der Waals surface area (Å²) in [7, 11) is -2.77. The SMILES string of the molecule is Cc1cccc(NC(=O)C2=C(O)C34C(=CC=CC3=NCC4C)S(=O)(=O)N2C)n1. The molecule has 9 heteroatoms. The Morgan fingerprint density at radius 1 is 1.39 bits per heavy atom. The number of aliphatic hydroxyl groups is 1. The number of carbonyl (C=O) groups is 1. The number of rotatable bonds is 2. The molecule has 3 aliphatic rings. The number of nitrogens with zero attached hydrogens (tertiary/aromatic N) is 3. The van der Waals surface area contributed by atoms with E-state index < -0.39 is 21.3 Å². The molecular formula is C19H20N4O4S. The third-order valence-electron chi connectivity index (χ3n) is 5.47. The highest BCUT2D eigenvalue weighted by molar-refractivity contribution is 7.93. The fraction of sp³-hybridized carbons (Fsp3) is 0.316. The van der Waals surface area contributed by atoms with Gasteiger partial charge in [0.25, 0.3) is 15.9 Å². The normalized spacial score (nSPS) is 27.7. The van der Waals surface area contributed by atoms with E-state index in [2.05, 4.69) is 15.3 Å². The fourth-order valence-electron chi connectivity index (χ4n) is 4.06. The molecule has 2 aliphatic heterocycles. The zero-order chi connectivity index (χ0) is 20.3. The molecule has 2 N–H and O–H groups in total. The maximum Gasteiger partial charge on any atom is 0.277 e. The zero-order valence-corrected chi connectivity index (χ0v) is 16.5. The monoisotopic (exact) mass is 400 g/mol. The summed E-state index contributed by atoms with van der Waals surface area (Å²) in [5.41, 5.74) is -0.518. The highest BCUT2D eigenvalue weighted by Gasteiger charge is 2.61. The topological polar surface area (TPSA) is 112 Å². The molecule has 1 amide bonds. The number of carbonyl (C=O) groups excluding carboxylic acids is 1. The number of pyridine rings is 1. The first kappa shape index (κ1) is 18.4. The number of sulfonamides is 1. The van der Waals surface area contributed by atoms with Gasteiger partial charge in [0, 0.05) is 19.3 Å². The fourth-order valence-corrected chi connectivity index (χ4v) is 5.83. The van der Waals surface area contributed by atoms with Gasteiger partial charge >= 0.3 is 0 Å². The second-order valence-electron chi connectivity index (χ2n) is 7.11. The molecule has 28 heavy (non-hydrogen) atoms. The molecule has 2 atom stereocenters. The van der Waals surface area contributed by atoms with Crippen LogP contribution in [0.15, 0.2) is 57.8 Å².